The van der Waals surface area contributed by atoms with E-state index in [1.165, 1.54) is 0 Å². The van der Waals surface area contributed by atoms with Gasteiger partial charge in [0, 0.05) is 57.5 Å². The van der Waals surface area contributed by atoms with Gasteiger partial charge in [0.2, 0.25) is 0 Å². The Hall–Kier alpha value is -1.44. The molecule has 3 rings (SSSR count). The van der Waals surface area contributed by atoms with Crippen LogP contribution >= 0.6 is 0 Å². The normalized spacial score (nSPS) is 21.2. The molecular formula is C18H30N4O3. The van der Waals surface area contributed by atoms with Crippen molar-refractivity contribution in [1.82, 2.24) is 20.0 Å². The standard InChI is InChI=1S/C18H30N4O3/c1-14-16(15(2)21(3)20-14)17(23)19-12-18(4-8-24-9-5-18)13-22-6-10-25-11-7-22/h4-13H2,1-3H3,(H,19,23). The number of hydrogen-bond acceptors (Lipinski definition) is 5. The molecule has 25 heavy (non-hydrogen) atoms. The second kappa shape index (κ2) is 7.85. The highest BCUT2D eigenvalue weighted by Crippen LogP contribution is 2.31. The third-order valence-corrected chi connectivity index (χ3v) is 5.58. The minimum Gasteiger partial charge on any atom is -0.381 e. The van der Waals surface area contributed by atoms with Gasteiger partial charge in [0.1, 0.15) is 0 Å². The molecule has 2 saturated heterocycles. The van der Waals surface area contributed by atoms with Crippen LogP contribution in [0, 0.1) is 19.3 Å². The maximum absolute atomic E-state index is 12.7. The second-order valence-electron chi connectivity index (χ2n) is 7.35. The Morgan fingerprint density at radius 3 is 2.40 bits per heavy atom. The Morgan fingerprint density at radius 2 is 1.80 bits per heavy atom. The van der Waals surface area contributed by atoms with Crippen molar-refractivity contribution >= 4 is 5.91 Å². The van der Waals surface area contributed by atoms with Gasteiger partial charge in [-0.25, -0.2) is 0 Å². The first kappa shape index (κ1) is 18.4. The smallest absolute Gasteiger partial charge is 0.255 e. The fourth-order valence-corrected chi connectivity index (χ4v) is 3.89. The number of nitrogens with one attached hydrogen (secondary N) is 1. The van der Waals surface area contributed by atoms with Gasteiger partial charge in [-0.2, -0.15) is 5.10 Å². The summed E-state index contributed by atoms with van der Waals surface area (Å²) in [6.07, 6.45) is 1.96. The van der Waals surface area contributed by atoms with Crippen LogP contribution in [0.25, 0.3) is 0 Å². The van der Waals surface area contributed by atoms with Gasteiger partial charge >= 0.3 is 0 Å². The van der Waals surface area contributed by atoms with Crippen LogP contribution in [0.5, 0.6) is 0 Å². The number of morpholine rings is 1. The number of carbonyl (C=O) groups is 1. The lowest BCUT2D eigenvalue weighted by molar-refractivity contribution is -0.0283. The molecule has 0 aromatic carbocycles. The summed E-state index contributed by atoms with van der Waals surface area (Å²) in [7, 11) is 1.87. The summed E-state index contributed by atoms with van der Waals surface area (Å²) in [5.74, 6) is -0.0176. The van der Waals surface area contributed by atoms with Gasteiger partial charge in [0.05, 0.1) is 24.5 Å². The molecule has 1 amide bonds. The van der Waals surface area contributed by atoms with E-state index in [4.69, 9.17) is 9.47 Å². The monoisotopic (exact) mass is 350 g/mol. The van der Waals surface area contributed by atoms with Gasteiger partial charge in [-0.3, -0.25) is 14.4 Å². The van der Waals surface area contributed by atoms with E-state index >= 15 is 0 Å². The number of rotatable bonds is 5. The predicted octanol–water partition coefficient (Wildman–Crippen LogP) is 0.896. The van der Waals surface area contributed by atoms with Crippen molar-refractivity contribution in [3.8, 4) is 0 Å². The van der Waals surface area contributed by atoms with Gasteiger partial charge in [-0.05, 0) is 26.7 Å². The van der Waals surface area contributed by atoms with Crippen LogP contribution < -0.4 is 5.32 Å². The van der Waals surface area contributed by atoms with E-state index in [2.05, 4.69) is 15.3 Å². The average Bonchev–Trinajstić information content (AvgIpc) is 2.87. The highest BCUT2D eigenvalue weighted by molar-refractivity contribution is 5.96. The predicted molar refractivity (Wildman–Crippen MR) is 94.8 cm³/mol. The summed E-state index contributed by atoms with van der Waals surface area (Å²) < 4.78 is 12.8. The van der Waals surface area contributed by atoms with Crippen molar-refractivity contribution in [1.29, 1.82) is 0 Å². The van der Waals surface area contributed by atoms with E-state index in [-0.39, 0.29) is 11.3 Å². The molecule has 0 aliphatic carbocycles. The lowest BCUT2D eigenvalue weighted by Gasteiger charge is -2.42. The molecule has 0 atom stereocenters. The number of aromatic nitrogens is 2. The van der Waals surface area contributed by atoms with E-state index in [9.17, 15) is 4.79 Å². The Balaban J connectivity index is 1.66. The molecule has 0 radical (unpaired) electrons. The largest absolute Gasteiger partial charge is 0.381 e. The number of hydrogen-bond donors (Lipinski definition) is 1. The van der Waals surface area contributed by atoms with Crippen LogP contribution in [0.15, 0.2) is 0 Å². The quantitative estimate of drug-likeness (QED) is 0.854. The Kier molecular flexibility index (Phi) is 5.76. The molecule has 2 aliphatic rings. The average molecular weight is 350 g/mol. The summed E-state index contributed by atoms with van der Waals surface area (Å²) in [6, 6.07) is 0. The number of ether oxygens (including phenoxy) is 2. The first-order valence-electron chi connectivity index (χ1n) is 9.17. The molecule has 0 spiro atoms. The number of amides is 1. The molecule has 1 aromatic rings. The zero-order chi connectivity index (χ0) is 17.9. The van der Waals surface area contributed by atoms with Crippen molar-refractivity contribution < 1.29 is 14.3 Å². The van der Waals surface area contributed by atoms with Crippen LogP contribution in [0.4, 0.5) is 0 Å². The van der Waals surface area contributed by atoms with E-state index in [0.29, 0.717) is 12.1 Å². The van der Waals surface area contributed by atoms with Gasteiger partial charge in [0.25, 0.3) is 5.91 Å². The highest BCUT2D eigenvalue weighted by Gasteiger charge is 2.35. The molecule has 3 heterocycles. The molecular weight excluding hydrogens is 320 g/mol. The summed E-state index contributed by atoms with van der Waals surface area (Å²) in [5.41, 5.74) is 2.47. The molecule has 1 N–H and O–H groups in total. The fraction of sp³-hybridized carbons (Fsp3) is 0.778. The molecule has 2 fully saturated rings. The SMILES string of the molecule is Cc1nn(C)c(C)c1C(=O)NCC1(CN2CCOCC2)CCOCC1. The maximum atomic E-state index is 12.7. The van der Waals surface area contributed by atoms with Crippen LogP contribution in [0.3, 0.4) is 0 Å². The van der Waals surface area contributed by atoms with Crippen LogP contribution in [-0.2, 0) is 16.5 Å². The third-order valence-electron chi connectivity index (χ3n) is 5.58. The van der Waals surface area contributed by atoms with Crippen LogP contribution in [0.2, 0.25) is 0 Å². The van der Waals surface area contributed by atoms with E-state index < -0.39 is 0 Å². The molecule has 0 unspecified atom stereocenters. The van der Waals surface area contributed by atoms with Gasteiger partial charge < -0.3 is 14.8 Å². The summed E-state index contributed by atoms with van der Waals surface area (Å²) in [6.45, 7) is 10.6. The van der Waals surface area contributed by atoms with E-state index in [0.717, 1.165) is 70.3 Å². The summed E-state index contributed by atoms with van der Waals surface area (Å²) in [5, 5.41) is 7.54. The summed E-state index contributed by atoms with van der Waals surface area (Å²) in [4.78, 5) is 15.2. The van der Waals surface area contributed by atoms with E-state index in [1.54, 1.807) is 4.68 Å². The van der Waals surface area contributed by atoms with Gasteiger partial charge in [-0.1, -0.05) is 0 Å². The van der Waals surface area contributed by atoms with Crippen molar-refractivity contribution in [3.05, 3.63) is 17.0 Å². The van der Waals surface area contributed by atoms with Crippen molar-refractivity contribution in [2.24, 2.45) is 12.5 Å². The number of carbonyl (C=O) groups excluding carboxylic acids is 1. The van der Waals surface area contributed by atoms with Gasteiger partial charge in [0.15, 0.2) is 0 Å². The third kappa shape index (κ3) is 4.22. The minimum atomic E-state index is -0.0176. The highest BCUT2D eigenvalue weighted by atomic mass is 16.5. The molecule has 7 nitrogen and oxygen atoms in total. The second-order valence-corrected chi connectivity index (χ2v) is 7.35. The van der Waals surface area contributed by atoms with Crippen LogP contribution in [-0.4, -0.2) is 73.2 Å². The number of aryl methyl sites for hydroxylation is 2. The van der Waals surface area contributed by atoms with Crippen molar-refractivity contribution in [3.63, 3.8) is 0 Å². The maximum Gasteiger partial charge on any atom is 0.255 e. The molecule has 2 aliphatic heterocycles. The Bertz CT molecular complexity index is 602. The van der Waals surface area contributed by atoms with Crippen molar-refractivity contribution in [2.45, 2.75) is 26.7 Å². The molecule has 1 aromatic heterocycles. The first-order chi connectivity index (χ1) is 12.0. The molecule has 140 valence electrons. The number of nitrogens with zero attached hydrogens (tertiary/aromatic N) is 3. The first-order valence-corrected chi connectivity index (χ1v) is 9.17. The Labute approximate surface area is 149 Å². The molecule has 7 heteroatoms. The zero-order valence-corrected chi connectivity index (χ0v) is 15.6. The minimum absolute atomic E-state index is 0.0176. The lowest BCUT2D eigenvalue weighted by Crippen LogP contribution is -2.50. The topological polar surface area (TPSA) is 68.6 Å². The molecule has 0 saturated carbocycles. The molecule has 0 bridgehead atoms. The lowest BCUT2D eigenvalue weighted by atomic mass is 9.79. The zero-order valence-electron chi connectivity index (χ0n) is 15.6. The Morgan fingerprint density at radius 1 is 1.16 bits per heavy atom. The van der Waals surface area contributed by atoms with E-state index in [1.807, 2.05) is 20.9 Å². The van der Waals surface area contributed by atoms with Crippen LogP contribution in [0.1, 0.15) is 34.6 Å². The fourth-order valence-electron chi connectivity index (χ4n) is 3.89. The van der Waals surface area contributed by atoms with Crippen molar-refractivity contribution in [2.75, 3.05) is 52.6 Å². The van der Waals surface area contributed by atoms with Gasteiger partial charge in [-0.15, -0.1) is 0 Å². The summed E-state index contributed by atoms with van der Waals surface area (Å²) >= 11 is 0.